The second kappa shape index (κ2) is 10.0. The number of aryl methyl sites for hydroxylation is 1. The van der Waals surface area contributed by atoms with E-state index in [4.69, 9.17) is 4.74 Å². The van der Waals surface area contributed by atoms with E-state index >= 15 is 0 Å². The van der Waals surface area contributed by atoms with Gasteiger partial charge in [-0.3, -0.25) is 4.99 Å². The highest BCUT2D eigenvalue weighted by atomic mass is 127. The van der Waals surface area contributed by atoms with Gasteiger partial charge in [0.1, 0.15) is 0 Å². The highest BCUT2D eigenvalue weighted by Gasteiger charge is 2.21. The Morgan fingerprint density at radius 3 is 2.59 bits per heavy atom. The highest BCUT2D eigenvalue weighted by Crippen LogP contribution is 2.28. The van der Waals surface area contributed by atoms with Crippen LogP contribution in [0.3, 0.4) is 0 Å². The summed E-state index contributed by atoms with van der Waals surface area (Å²) in [5.74, 6) is 1.74. The molecule has 0 saturated heterocycles. The summed E-state index contributed by atoms with van der Waals surface area (Å²) in [7, 11) is 3.87. The van der Waals surface area contributed by atoms with Crippen LogP contribution in [0, 0.1) is 12.8 Å². The van der Waals surface area contributed by atoms with Gasteiger partial charge in [0.15, 0.2) is 5.96 Å². The molecule has 1 aliphatic rings. The molecule has 4 nitrogen and oxygen atoms in total. The monoisotopic (exact) mass is 417 g/mol. The van der Waals surface area contributed by atoms with Crippen molar-refractivity contribution in [2.75, 3.05) is 33.9 Å². The van der Waals surface area contributed by atoms with Crippen molar-refractivity contribution in [3.63, 3.8) is 0 Å². The molecule has 1 N–H and O–H groups in total. The summed E-state index contributed by atoms with van der Waals surface area (Å²) in [4.78, 5) is 6.43. The number of aliphatic imine (C=N–C) groups is 1. The predicted molar refractivity (Wildman–Crippen MR) is 103 cm³/mol. The summed E-state index contributed by atoms with van der Waals surface area (Å²) in [6.07, 6.45) is 2.69. The van der Waals surface area contributed by atoms with Crippen molar-refractivity contribution in [3.05, 3.63) is 35.4 Å². The van der Waals surface area contributed by atoms with Gasteiger partial charge in [-0.2, -0.15) is 0 Å². The minimum Gasteiger partial charge on any atom is -0.379 e. The zero-order valence-electron chi connectivity index (χ0n) is 13.8. The molecule has 0 heterocycles. The van der Waals surface area contributed by atoms with E-state index in [1.165, 1.54) is 24.0 Å². The van der Waals surface area contributed by atoms with Crippen molar-refractivity contribution in [1.82, 2.24) is 10.2 Å². The number of nitrogens with one attached hydrogen (secondary N) is 1. The molecule has 0 radical (unpaired) electrons. The van der Waals surface area contributed by atoms with Crippen LogP contribution in [0.25, 0.3) is 0 Å². The smallest absolute Gasteiger partial charge is 0.193 e. The number of likely N-dealkylation sites (N-methyl/N-ethyl adjacent to an activating group) is 1. The fourth-order valence-electron chi connectivity index (χ4n) is 2.11. The molecule has 1 aromatic rings. The van der Waals surface area contributed by atoms with Gasteiger partial charge in [0.05, 0.1) is 6.61 Å². The Labute approximate surface area is 151 Å². The van der Waals surface area contributed by atoms with Gasteiger partial charge < -0.3 is 15.0 Å². The predicted octanol–water partition coefficient (Wildman–Crippen LogP) is 3.05. The van der Waals surface area contributed by atoms with Crippen molar-refractivity contribution in [1.29, 1.82) is 0 Å². The molecule has 0 aliphatic heterocycles. The molecule has 0 aromatic heterocycles. The summed E-state index contributed by atoms with van der Waals surface area (Å²) < 4.78 is 5.67. The maximum absolute atomic E-state index is 5.67. The van der Waals surface area contributed by atoms with Crippen LogP contribution in [0.2, 0.25) is 0 Å². The average Bonchev–Trinajstić information content (AvgIpc) is 3.30. The van der Waals surface area contributed by atoms with E-state index < -0.39 is 0 Å². The van der Waals surface area contributed by atoms with Crippen molar-refractivity contribution in [3.8, 4) is 0 Å². The van der Waals surface area contributed by atoms with Gasteiger partial charge in [-0.15, -0.1) is 24.0 Å². The Hall–Kier alpha value is -0.820. The van der Waals surface area contributed by atoms with E-state index in [0.717, 1.165) is 38.2 Å². The molecular formula is C17H28IN3O. The molecule has 1 fully saturated rings. The fraction of sp³-hybridized carbons (Fsp3) is 0.588. The summed E-state index contributed by atoms with van der Waals surface area (Å²) in [6, 6.07) is 8.56. The first-order chi connectivity index (χ1) is 10.2. The largest absolute Gasteiger partial charge is 0.379 e. The van der Waals surface area contributed by atoms with E-state index in [9.17, 15) is 0 Å². The van der Waals surface area contributed by atoms with Gasteiger partial charge in [0, 0.05) is 33.8 Å². The first-order valence-corrected chi connectivity index (χ1v) is 7.74. The van der Waals surface area contributed by atoms with Crippen LogP contribution in [-0.2, 0) is 11.3 Å². The van der Waals surface area contributed by atoms with E-state index in [1.807, 2.05) is 14.1 Å². The third-order valence-electron chi connectivity index (χ3n) is 3.77. The molecule has 2 rings (SSSR count). The van der Waals surface area contributed by atoms with E-state index in [2.05, 4.69) is 46.4 Å². The second-order valence-electron chi connectivity index (χ2n) is 5.83. The van der Waals surface area contributed by atoms with Crippen LogP contribution in [0.4, 0.5) is 0 Å². The summed E-state index contributed by atoms with van der Waals surface area (Å²) in [6.45, 7) is 5.44. The van der Waals surface area contributed by atoms with Gasteiger partial charge >= 0.3 is 0 Å². The van der Waals surface area contributed by atoms with Gasteiger partial charge in [-0.1, -0.05) is 29.8 Å². The topological polar surface area (TPSA) is 36.9 Å². The Morgan fingerprint density at radius 1 is 1.32 bits per heavy atom. The minimum atomic E-state index is 0. The first-order valence-electron chi connectivity index (χ1n) is 7.74. The molecule has 0 bridgehead atoms. The molecule has 1 aliphatic carbocycles. The van der Waals surface area contributed by atoms with Crippen molar-refractivity contribution >= 4 is 29.9 Å². The minimum absolute atomic E-state index is 0. The standard InChI is InChI=1S/C17H27N3O.HI/c1-14-4-6-15(7-5-14)12-19-17(18-2)20(3)10-11-21-13-16-8-9-16;/h4-7,16H,8-13H2,1-3H3,(H,18,19);1H. The SMILES string of the molecule is CN=C(NCc1ccc(C)cc1)N(C)CCOCC1CC1.I. The first kappa shape index (κ1) is 19.2. The number of ether oxygens (including phenoxy) is 1. The summed E-state index contributed by atoms with van der Waals surface area (Å²) in [5, 5.41) is 3.39. The summed E-state index contributed by atoms with van der Waals surface area (Å²) >= 11 is 0. The van der Waals surface area contributed by atoms with Crippen LogP contribution >= 0.6 is 24.0 Å². The molecule has 0 amide bonds. The van der Waals surface area contributed by atoms with E-state index in [1.54, 1.807) is 0 Å². The van der Waals surface area contributed by atoms with Crippen LogP contribution < -0.4 is 5.32 Å². The lowest BCUT2D eigenvalue weighted by molar-refractivity contribution is 0.115. The second-order valence-corrected chi connectivity index (χ2v) is 5.83. The molecule has 1 aromatic carbocycles. The fourth-order valence-corrected chi connectivity index (χ4v) is 2.11. The van der Waals surface area contributed by atoms with Crippen molar-refractivity contribution < 1.29 is 4.74 Å². The normalized spacial score (nSPS) is 14.4. The van der Waals surface area contributed by atoms with E-state index in [0.29, 0.717) is 0 Å². The maximum atomic E-state index is 5.67. The molecule has 0 atom stereocenters. The molecule has 5 heteroatoms. The van der Waals surface area contributed by atoms with Gasteiger partial charge in [-0.05, 0) is 31.2 Å². The van der Waals surface area contributed by atoms with Gasteiger partial charge in [-0.25, -0.2) is 0 Å². The Kier molecular flexibility index (Phi) is 8.78. The van der Waals surface area contributed by atoms with Crippen LogP contribution in [0.5, 0.6) is 0 Å². The third kappa shape index (κ3) is 6.96. The lowest BCUT2D eigenvalue weighted by atomic mass is 10.1. The quantitative estimate of drug-likeness (QED) is 0.321. The molecule has 0 spiro atoms. The average molecular weight is 417 g/mol. The number of halogens is 1. The lowest BCUT2D eigenvalue weighted by Gasteiger charge is -2.22. The zero-order valence-corrected chi connectivity index (χ0v) is 16.2. The van der Waals surface area contributed by atoms with Gasteiger partial charge in [0.25, 0.3) is 0 Å². The zero-order chi connectivity index (χ0) is 15.1. The number of nitrogens with zero attached hydrogens (tertiary/aromatic N) is 2. The Bertz CT molecular complexity index is 457. The number of benzene rings is 1. The number of hydrogen-bond donors (Lipinski definition) is 1. The number of guanidine groups is 1. The molecular weight excluding hydrogens is 389 g/mol. The number of hydrogen-bond acceptors (Lipinski definition) is 2. The summed E-state index contributed by atoms with van der Waals surface area (Å²) in [5.41, 5.74) is 2.55. The number of rotatable bonds is 7. The molecule has 0 unspecified atom stereocenters. The van der Waals surface area contributed by atoms with Crippen molar-refractivity contribution in [2.24, 2.45) is 10.9 Å². The third-order valence-corrected chi connectivity index (χ3v) is 3.77. The van der Waals surface area contributed by atoms with Gasteiger partial charge in [0.2, 0.25) is 0 Å². The van der Waals surface area contributed by atoms with Crippen LogP contribution in [-0.4, -0.2) is 44.7 Å². The lowest BCUT2D eigenvalue weighted by Crippen LogP contribution is -2.40. The molecule has 1 saturated carbocycles. The maximum Gasteiger partial charge on any atom is 0.193 e. The van der Waals surface area contributed by atoms with Crippen LogP contribution in [0.15, 0.2) is 29.3 Å². The Balaban J connectivity index is 0.00000242. The van der Waals surface area contributed by atoms with Crippen molar-refractivity contribution in [2.45, 2.75) is 26.3 Å². The molecule has 124 valence electrons. The van der Waals surface area contributed by atoms with E-state index in [-0.39, 0.29) is 24.0 Å². The highest BCUT2D eigenvalue weighted by molar-refractivity contribution is 14.0. The molecule has 22 heavy (non-hydrogen) atoms. The Morgan fingerprint density at radius 2 is 2.00 bits per heavy atom. The van der Waals surface area contributed by atoms with Crippen LogP contribution in [0.1, 0.15) is 24.0 Å².